The molecule has 1 rings (SSSR count). The molecule has 214 valence electrons. The van der Waals surface area contributed by atoms with Crippen LogP contribution in [0.5, 0.6) is 5.75 Å². The van der Waals surface area contributed by atoms with Gasteiger partial charge < -0.3 is 30.9 Å². The summed E-state index contributed by atoms with van der Waals surface area (Å²) in [5, 5.41) is 0. The molecule has 0 saturated heterocycles. The van der Waals surface area contributed by atoms with Gasteiger partial charge in [0, 0.05) is 6.08 Å². The van der Waals surface area contributed by atoms with Gasteiger partial charge in [0.05, 0.1) is 27.7 Å². The fraction of sp³-hybridized carbons (Fsp3) is 0.719. The lowest BCUT2D eigenvalue weighted by Crippen LogP contribution is -3.00. The smallest absolute Gasteiger partial charge is 0.330 e. The molecule has 0 heterocycles. The standard InChI is InChI=1S/C32H56NO3.BrH/c1-5-6-7-8-9-10-11-12-13-14-15-16-17-18-19-20-27-33(2,3)28-29-36-32(34)26-23-30-21-24-31(35-4)25-22-30;/h21-26H,5-20,27-29H2,1-4H3;1H/q+1;/p-1/b26-23+;. The van der Waals surface area contributed by atoms with E-state index in [1.54, 1.807) is 13.2 Å². The molecule has 0 radical (unpaired) electrons. The van der Waals surface area contributed by atoms with Gasteiger partial charge >= 0.3 is 5.97 Å². The van der Waals surface area contributed by atoms with E-state index in [4.69, 9.17) is 9.47 Å². The lowest BCUT2D eigenvalue weighted by atomic mass is 10.0. The average Bonchev–Trinajstić information content (AvgIpc) is 2.87. The van der Waals surface area contributed by atoms with Gasteiger partial charge in [-0.25, -0.2) is 4.79 Å². The highest BCUT2D eigenvalue weighted by Gasteiger charge is 2.15. The van der Waals surface area contributed by atoms with Gasteiger partial charge in [0.15, 0.2) is 0 Å². The molecule has 0 N–H and O–H groups in total. The Hall–Kier alpha value is -1.33. The zero-order chi connectivity index (χ0) is 26.3. The highest BCUT2D eigenvalue weighted by molar-refractivity contribution is 5.87. The summed E-state index contributed by atoms with van der Waals surface area (Å²) in [4.78, 5) is 12.0. The van der Waals surface area contributed by atoms with Crippen molar-refractivity contribution in [3.05, 3.63) is 35.9 Å². The largest absolute Gasteiger partial charge is 1.00 e. The van der Waals surface area contributed by atoms with E-state index >= 15 is 0 Å². The lowest BCUT2D eigenvalue weighted by molar-refractivity contribution is -0.890. The number of quaternary nitrogens is 1. The molecule has 1 aromatic carbocycles. The van der Waals surface area contributed by atoms with Crippen LogP contribution in [0, 0.1) is 0 Å². The third-order valence-corrected chi connectivity index (χ3v) is 7.09. The van der Waals surface area contributed by atoms with Crippen molar-refractivity contribution in [3.63, 3.8) is 0 Å². The van der Waals surface area contributed by atoms with Crippen molar-refractivity contribution < 1.29 is 35.7 Å². The van der Waals surface area contributed by atoms with Crippen molar-refractivity contribution in [2.24, 2.45) is 0 Å². The first-order valence-corrected chi connectivity index (χ1v) is 14.8. The van der Waals surface area contributed by atoms with E-state index < -0.39 is 0 Å². The van der Waals surface area contributed by atoms with Crippen molar-refractivity contribution in [1.29, 1.82) is 0 Å². The quantitative estimate of drug-likeness (QED) is 0.0730. The van der Waals surface area contributed by atoms with E-state index in [1.807, 2.05) is 24.3 Å². The number of rotatable bonds is 23. The number of likely N-dealkylation sites (N-methyl/N-ethyl adjacent to an activating group) is 1. The Kier molecular flexibility index (Phi) is 22.9. The van der Waals surface area contributed by atoms with Crippen LogP contribution in [0.3, 0.4) is 0 Å². The first-order chi connectivity index (χ1) is 17.5. The number of benzene rings is 1. The predicted octanol–water partition coefficient (Wildman–Crippen LogP) is 5.59. The molecule has 0 aliphatic rings. The summed E-state index contributed by atoms with van der Waals surface area (Å²) in [5.74, 6) is 0.521. The summed E-state index contributed by atoms with van der Waals surface area (Å²) in [7, 11) is 6.10. The summed E-state index contributed by atoms with van der Waals surface area (Å²) >= 11 is 0. The number of hydrogen-bond donors (Lipinski definition) is 0. The molecule has 0 atom stereocenters. The van der Waals surface area contributed by atoms with Crippen molar-refractivity contribution >= 4 is 12.0 Å². The first-order valence-electron chi connectivity index (χ1n) is 14.8. The maximum atomic E-state index is 12.0. The van der Waals surface area contributed by atoms with Crippen molar-refractivity contribution in [1.82, 2.24) is 0 Å². The molecule has 1 aromatic rings. The number of halogens is 1. The number of hydrogen-bond acceptors (Lipinski definition) is 3. The van der Waals surface area contributed by atoms with Gasteiger partial charge in [-0.2, -0.15) is 0 Å². The monoisotopic (exact) mass is 581 g/mol. The fourth-order valence-electron chi connectivity index (χ4n) is 4.52. The van der Waals surface area contributed by atoms with Crippen LogP contribution in [-0.4, -0.2) is 51.4 Å². The van der Waals surface area contributed by atoms with Crippen LogP contribution in [0.15, 0.2) is 30.3 Å². The summed E-state index contributed by atoms with van der Waals surface area (Å²) in [5.41, 5.74) is 0.951. The SMILES string of the molecule is CCCCCCCCCCCCCCCCCC[N+](C)(C)CCOC(=O)/C=C/c1ccc(OC)cc1.[Br-]. The molecule has 0 aromatic heterocycles. The molecule has 0 spiro atoms. The van der Waals surface area contributed by atoms with Gasteiger partial charge in [-0.15, -0.1) is 0 Å². The number of carbonyl (C=O) groups is 1. The number of nitrogens with zero attached hydrogens (tertiary/aromatic N) is 1. The fourth-order valence-corrected chi connectivity index (χ4v) is 4.52. The van der Waals surface area contributed by atoms with Gasteiger partial charge in [-0.1, -0.05) is 109 Å². The minimum absolute atomic E-state index is 0. The van der Waals surface area contributed by atoms with Gasteiger partial charge in [-0.3, -0.25) is 0 Å². The summed E-state index contributed by atoms with van der Waals surface area (Å²) in [6, 6.07) is 7.59. The van der Waals surface area contributed by atoms with E-state index in [0.717, 1.165) is 28.9 Å². The Morgan fingerprint density at radius 3 is 1.65 bits per heavy atom. The highest BCUT2D eigenvalue weighted by Crippen LogP contribution is 2.15. The second-order valence-electron chi connectivity index (χ2n) is 11.0. The summed E-state index contributed by atoms with van der Waals surface area (Å²) < 4.78 is 11.5. The number of ether oxygens (including phenoxy) is 2. The van der Waals surface area contributed by atoms with Crippen LogP contribution in [0.4, 0.5) is 0 Å². The summed E-state index contributed by atoms with van der Waals surface area (Å²) in [6.07, 6.45) is 25.7. The molecule has 0 saturated carbocycles. The minimum Gasteiger partial charge on any atom is -1.00 e. The van der Waals surface area contributed by atoms with E-state index in [1.165, 1.54) is 109 Å². The van der Waals surface area contributed by atoms with Gasteiger partial charge in [-0.05, 0) is 36.6 Å². The molecule has 37 heavy (non-hydrogen) atoms. The molecule has 0 aliphatic carbocycles. The van der Waals surface area contributed by atoms with Crippen LogP contribution >= 0.6 is 0 Å². The van der Waals surface area contributed by atoms with Gasteiger partial charge in [0.25, 0.3) is 0 Å². The summed E-state index contributed by atoms with van der Waals surface area (Å²) in [6.45, 7) is 4.73. The molecular weight excluding hydrogens is 526 g/mol. The second kappa shape index (κ2) is 23.8. The lowest BCUT2D eigenvalue weighted by Gasteiger charge is -2.29. The van der Waals surface area contributed by atoms with Crippen molar-refractivity contribution in [2.75, 3.05) is 40.9 Å². The molecule has 5 heteroatoms. The molecule has 0 fully saturated rings. The Bertz CT molecular complexity index is 688. The third-order valence-electron chi connectivity index (χ3n) is 7.09. The zero-order valence-electron chi connectivity index (χ0n) is 24.4. The minimum atomic E-state index is -0.284. The Labute approximate surface area is 239 Å². The Morgan fingerprint density at radius 1 is 0.730 bits per heavy atom. The first kappa shape index (κ1) is 35.7. The Balaban J connectivity index is 0.0000130. The Morgan fingerprint density at radius 2 is 1.19 bits per heavy atom. The average molecular weight is 583 g/mol. The maximum Gasteiger partial charge on any atom is 0.330 e. The van der Waals surface area contributed by atoms with E-state index in [-0.39, 0.29) is 23.0 Å². The van der Waals surface area contributed by atoms with E-state index in [2.05, 4.69) is 21.0 Å². The topological polar surface area (TPSA) is 35.5 Å². The molecule has 0 bridgehead atoms. The number of methoxy groups -OCH3 is 1. The third kappa shape index (κ3) is 21.3. The molecular formula is C32H56BrNO3. The van der Waals surface area contributed by atoms with Crippen molar-refractivity contribution in [3.8, 4) is 5.75 Å². The normalized spacial score (nSPS) is 11.5. The van der Waals surface area contributed by atoms with E-state index in [0.29, 0.717) is 6.61 Å². The number of esters is 1. The van der Waals surface area contributed by atoms with Crippen LogP contribution in [-0.2, 0) is 9.53 Å². The highest BCUT2D eigenvalue weighted by atomic mass is 79.9. The molecule has 0 unspecified atom stereocenters. The number of unbranched alkanes of at least 4 members (excludes halogenated alkanes) is 15. The molecule has 0 amide bonds. The second-order valence-corrected chi connectivity index (χ2v) is 11.0. The van der Waals surface area contributed by atoms with Crippen LogP contribution in [0.25, 0.3) is 6.08 Å². The predicted molar refractivity (Wildman–Crippen MR) is 154 cm³/mol. The molecule has 4 nitrogen and oxygen atoms in total. The van der Waals surface area contributed by atoms with Crippen LogP contribution in [0.1, 0.15) is 115 Å². The van der Waals surface area contributed by atoms with Crippen LogP contribution < -0.4 is 21.7 Å². The zero-order valence-corrected chi connectivity index (χ0v) is 26.0. The van der Waals surface area contributed by atoms with Gasteiger partial charge in [0.1, 0.15) is 18.9 Å². The van der Waals surface area contributed by atoms with Gasteiger partial charge in [0.2, 0.25) is 0 Å². The van der Waals surface area contributed by atoms with Crippen molar-refractivity contribution in [2.45, 2.75) is 110 Å². The van der Waals surface area contributed by atoms with E-state index in [9.17, 15) is 4.79 Å². The molecule has 0 aliphatic heterocycles. The van der Waals surface area contributed by atoms with Crippen LogP contribution in [0.2, 0.25) is 0 Å². The maximum absolute atomic E-state index is 12.0. The number of carbonyl (C=O) groups excluding carboxylic acids is 1.